The van der Waals surface area contributed by atoms with Crippen LogP contribution in [0, 0.1) is 5.82 Å². The van der Waals surface area contributed by atoms with Crippen molar-refractivity contribution in [2.24, 2.45) is 0 Å². The molecule has 2 aromatic carbocycles. The molecule has 4 nitrogen and oxygen atoms in total. The second-order valence-electron chi connectivity index (χ2n) is 3.77. The van der Waals surface area contributed by atoms with Crippen LogP contribution in [0.15, 0.2) is 51.8 Å². The van der Waals surface area contributed by atoms with Gasteiger partial charge in [0.25, 0.3) is 10.0 Å². The number of anilines is 2. The molecule has 0 saturated carbocycles. The molecule has 2 aromatic rings. The van der Waals surface area contributed by atoms with E-state index in [4.69, 9.17) is 5.73 Å². The SMILES string of the molecule is Nc1ccc(S(=O)(=O)Nc2c(F)cccc2Br)cc1. The topological polar surface area (TPSA) is 72.2 Å². The van der Waals surface area contributed by atoms with Crippen LogP contribution in [0.5, 0.6) is 0 Å². The van der Waals surface area contributed by atoms with Gasteiger partial charge in [-0.05, 0) is 52.3 Å². The Morgan fingerprint density at radius 2 is 1.74 bits per heavy atom. The van der Waals surface area contributed by atoms with Gasteiger partial charge in [0.05, 0.1) is 10.6 Å². The van der Waals surface area contributed by atoms with Crippen LogP contribution in [0.4, 0.5) is 15.8 Å². The first kappa shape index (κ1) is 13.8. The van der Waals surface area contributed by atoms with E-state index in [9.17, 15) is 12.8 Å². The second kappa shape index (κ2) is 5.18. The van der Waals surface area contributed by atoms with Crippen LogP contribution in [0.2, 0.25) is 0 Å². The molecule has 0 atom stereocenters. The van der Waals surface area contributed by atoms with E-state index in [0.29, 0.717) is 10.2 Å². The summed E-state index contributed by atoms with van der Waals surface area (Å²) in [5, 5.41) is 0. The molecule has 0 amide bonds. The molecule has 3 N–H and O–H groups in total. The first-order valence-corrected chi connectivity index (χ1v) is 7.50. The number of halogens is 2. The van der Waals surface area contributed by atoms with E-state index in [1.165, 1.54) is 36.4 Å². The van der Waals surface area contributed by atoms with Gasteiger partial charge in [-0.25, -0.2) is 12.8 Å². The quantitative estimate of drug-likeness (QED) is 0.840. The first-order chi connectivity index (χ1) is 8.90. The molecule has 0 aliphatic heterocycles. The molecule has 7 heteroatoms. The van der Waals surface area contributed by atoms with E-state index in [1.54, 1.807) is 6.07 Å². The van der Waals surface area contributed by atoms with Crippen LogP contribution in [0.1, 0.15) is 0 Å². The summed E-state index contributed by atoms with van der Waals surface area (Å²) in [6, 6.07) is 9.82. The van der Waals surface area contributed by atoms with Crippen molar-refractivity contribution >= 4 is 37.3 Å². The minimum Gasteiger partial charge on any atom is -0.399 e. The Balaban J connectivity index is 2.39. The van der Waals surface area contributed by atoms with Crippen LogP contribution in [-0.4, -0.2) is 8.42 Å². The molecule has 0 saturated heterocycles. The zero-order valence-electron chi connectivity index (χ0n) is 9.60. The molecule has 0 aromatic heterocycles. The van der Waals surface area contributed by atoms with E-state index in [2.05, 4.69) is 20.7 Å². The smallest absolute Gasteiger partial charge is 0.262 e. The Morgan fingerprint density at radius 1 is 1.11 bits per heavy atom. The highest BCUT2D eigenvalue weighted by molar-refractivity contribution is 9.10. The van der Waals surface area contributed by atoms with E-state index in [1.807, 2.05) is 0 Å². The van der Waals surface area contributed by atoms with Crippen molar-refractivity contribution in [3.05, 3.63) is 52.8 Å². The van der Waals surface area contributed by atoms with Gasteiger partial charge in [0.15, 0.2) is 0 Å². The summed E-state index contributed by atoms with van der Waals surface area (Å²) >= 11 is 3.10. The summed E-state index contributed by atoms with van der Waals surface area (Å²) in [4.78, 5) is 0.0110. The lowest BCUT2D eigenvalue weighted by atomic mass is 10.3. The van der Waals surface area contributed by atoms with E-state index in [0.717, 1.165) is 0 Å². The maximum Gasteiger partial charge on any atom is 0.262 e. The molecule has 0 heterocycles. The summed E-state index contributed by atoms with van der Waals surface area (Å²) in [7, 11) is -3.85. The largest absolute Gasteiger partial charge is 0.399 e. The van der Waals surface area contributed by atoms with E-state index >= 15 is 0 Å². The molecule has 0 aliphatic rings. The second-order valence-corrected chi connectivity index (χ2v) is 6.31. The molecule has 0 fully saturated rings. The van der Waals surface area contributed by atoms with Gasteiger partial charge >= 0.3 is 0 Å². The zero-order valence-corrected chi connectivity index (χ0v) is 12.0. The van der Waals surface area contributed by atoms with Crippen molar-refractivity contribution in [1.82, 2.24) is 0 Å². The molecule has 0 aliphatic carbocycles. The highest BCUT2D eigenvalue weighted by atomic mass is 79.9. The number of sulfonamides is 1. The van der Waals surface area contributed by atoms with Crippen molar-refractivity contribution in [1.29, 1.82) is 0 Å². The Morgan fingerprint density at radius 3 is 2.32 bits per heavy atom. The Labute approximate surface area is 118 Å². The lowest BCUT2D eigenvalue weighted by molar-refractivity contribution is 0.598. The minimum absolute atomic E-state index is 0.0110. The maximum atomic E-state index is 13.6. The molecular weight excluding hydrogens is 335 g/mol. The highest BCUT2D eigenvalue weighted by Gasteiger charge is 2.17. The standard InChI is InChI=1S/C12H10BrFN2O2S/c13-10-2-1-3-11(14)12(10)16-19(17,18)9-6-4-8(15)5-7-9/h1-7,16H,15H2. The third-order valence-corrected chi connectivity index (χ3v) is 4.42. The van der Waals surface area contributed by atoms with Gasteiger partial charge in [0.2, 0.25) is 0 Å². The minimum atomic E-state index is -3.85. The molecule has 19 heavy (non-hydrogen) atoms. The van der Waals surface area contributed by atoms with Crippen LogP contribution in [0.3, 0.4) is 0 Å². The summed E-state index contributed by atoms with van der Waals surface area (Å²) in [5.41, 5.74) is 5.81. The average Bonchev–Trinajstić information content (AvgIpc) is 2.35. The monoisotopic (exact) mass is 344 g/mol. The molecular formula is C12H10BrFN2O2S. The van der Waals surface area contributed by atoms with Gasteiger partial charge in [-0.2, -0.15) is 0 Å². The summed E-state index contributed by atoms with van der Waals surface area (Å²) in [6.45, 7) is 0. The van der Waals surface area contributed by atoms with Gasteiger partial charge in [0, 0.05) is 10.2 Å². The van der Waals surface area contributed by atoms with E-state index in [-0.39, 0.29) is 10.6 Å². The Kier molecular flexibility index (Phi) is 3.77. The van der Waals surface area contributed by atoms with Gasteiger partial charge in [-0.3, -0.25) is 4.72 Å². The lowest BCUT2D eigenvalue weighted by Crippen LogP contribution is -2.14. The molecule has 100 valence electrons. The Hall–Kier alpha value is -1.60. The van der Waals surface area contributed by atoms with Crippen molar-refractivity contribution in [3.8, 4) is 0 Å². The number of benzene rings is 2. The highest BCUT2D eigenvalue weighted by Crippen LogP contribution is 2.27. The van der Waals surface area contributed by atoms with Crippen molar-refractivity contribution in [2.45, 2.75) is 4.90 Å². The van der Waals surface area contributed by atoms with Crippen LogP contribution in [-0.2, 0) is 10.0 Å². The molecule has 2 rings (SSSR count). The van der Waals surface area contributed by atoms with Crippen molar-refractivity contribution < 1.29 is 12.8 Å². The van der Waals surface area contributed by atoms with Crippen LogP contribution < -0.4 is 10.5 Å². The molecule has 0 bridgehead atoms. The number of nitrogens with two attached hydrogens (primary N) is 1. The predicted molar refractivity (Wildman–Crippen MR) is 75.8 cm³/mol. The fourth-order valence-electron chi connectivity index (χ4n) is 1.44. The fourth-order valence-corrected chi connectivity index (χ4v) is 3.10. The Bertz CT molecular complexity index is 682. The number of hydrogen-bond acceptors (Lipinski definition) is 3. The normalized spacial score (nSPS) is 11.3. The predicted octanol–water partition coefficient (Wildman–Crippen LogP) is 2.97. The summed E-state index contributed by atoms with van der Waals surface area (Å²) in [5.74, 6) is -0.659. The summed E-state index contributed by atoms with van der Waals surface area (Å²) in [6.07, 6.45) is 0. The third kappa shape index (κ3) is 3.05. The van der Waals surface area contributed by atoms with Crippen molar-refractivity contribution in [3.63, 3.8) is 0 Å². The molecule has 0 unspecified atom stereocenters. The number of para-hydroxylation sites is 1. The summed E-state index contributed by atoms with van der Waals surface area (Å²) < 4.78 is 40.3. The fraction of sp³-hybridized carbons (Fsp3) is 0. The van der Waals surface area contributed by atoms with Gasteiger partial charge in [-0.15, -0.1) is 0 Å². The average molecular weight is 345 g/mol. The van der Waals surface area contributed by atoms with Gasteiger partial charge in [0.1, 0.15) is 5.82 Å². The molecule has 0 radical (unpaired) electrons. The number of rotatable bonds is 3. The van der Waals surface area contributed by atoms with Crippen molar-refractivity contribution in [2.75, 3.05) is 10.5 Å². The third-order valence-electron chi connectivity index (χ3n) is 2.39. The van der Waals surface area contributed by atoms with Crippen LogP contribution in [0.25, 0.3) is 0 Å². The number of nitrogen functional groups attached to an aromatic ring is 1. The lowest BCUT2D eigenvalue weighted by Gasteiger charge is -2.10. The molecule has 0 spiro atoms. The van der Waals surface area contributed by atoms with E-state index < -0.39 is 15.8 Å². The van der Waals surface area contributed by atoms with Gasteiger partial charge < -0.3 is 5.73 Å². The number of hydrogen-bond donors (Lipinski definition) is 2. The maximum absolute atomic E-state index is 13.6. The van der Waals surface area contributed by atoms with Crippen LogP contribution >= 0.6 is 15.9 Å². The number of nitrogens with one attached hydrogen (secondary N) is 1. The van der Waals surface area contributed by atoms with Gasteiger partial charge in [-0.1, -0.05) is 6.07 Å². The first-order valence-electron chi connectivity index (χ1n) is 5.22. The zero-order chi connectivity index (χ0) is 14.0.